The monoisotopic (exact) mass is 803 g/mol. The lowest BCUT2D eigenvalue weighted by atomic mass is 10.00. The first-order valence-corrected chi connectivity index (χ1v) is 21.2. The van der Waals surface area contributed by atoms with E-state index in [2.05, 4.69) is 223 Å². The lowest BCUT2D eigenvalue weighted by Gasteiger charge is -2.13. The number of hydrogen-bond acceptors (Lipinski definition) is 4. The fourth-order valence-corrected chi connectivity index (χ4v) is 8.81. The van der Waals surface area contributed by atoms with Gasteiger partial charge in [0, 0.05) is 38.6 Å². The quantitative estimate of drug-likeness (QED) is 0.161. The molecule has 0 saturated heterocycles. The van der Waals surface area contributed by atoms with Crippen LogP contribution in [0.1, 0.15) is 0 Å². The summed E-state index contributed by atoms with van der Waals surface area (Å²) in [6.45, 7) is 0. The van der Waals surface area contributed by atoms with Crippen molar-refractivity contribution in [3.05, 3.63) is 224 Å². The van der Waals surface area contributed by atoms with Crippen molar-refractivity contribution < 1.29 is 0 Å². The Kier molecular flexibility index (Phi) is 8.75. The lowest BCUT2D eigenvalue weighted by molar-refractivity contribution is 1.05. The van der Waals surface area contributed by atoms with E-state index in [1.54, 1.807) is 0 Å². The van der Waals surface area contributed by atoms with E-state index in [-0.39, 0.29) is 0 Å². The van der Waals surface area contributed by atoms with E-state index in [9.17, 15) is 0 Å². The predicted molar refractivity (Wildman–Crippen MR) is 259 cm³/mol. The molecule has 5 heteroatoms. The topological polar surface area (TPSA) is 56.0 Å². The van der Waals surface area contributed by atoms with Crippen molar-refractivity contribution in [2.24, 2.45) is 0 Å². The second kappa shape index (κ2) is 15.2. The summed E-state index contributed by atoms with van der Waals surface area (Å²) in [5, 5.41) is 6.96. The first-order chi connectivity index (χ1) is 31.2. The smallest absolute Gasteiger partial charge is 0.163 e. The Hall–Kier alpha value is -8.54. The van der Waals surface area contributed by atoms with Crippen LogP contribution < -0.4 is 0 Å². The molecule has 0 radical (unpaired) electrons. The highest BCUT2D eigenvalue weighted by molar-refractivity contribution is 6.06. The Bertz CT molecular complexity index is 3550. The van der Waals surface area contributed by atoms with Crippen LogP contribution in [0.2, 0.25) is 0 Å². The maximum atomic E-state index is 5.30. The van der Waals surface area contributed by atoms with Crippen LogP contribution in [-0.4, -0.2) is 24.3 Å². The molecule has 12 aromatic rings. The summed E-state index contributed by atoms with van der Waals surface area (Å²) in [4.78, 5) is 20.9. The van der Waals surface area contributed by atoms with E-state index in [4.69, 9.17) is 19.9 Å². The first kappa shape index (κ1) is 36.3. The minimum absolute atomic E-state index is 0.680. The molecule has 0 aliphatic heterocycles. The van der Waals surface area contributed by atoms with E-state index >= 15 is 0 Å². The van der Waals surface area contributed by atoms with Gasteiger partial charge in [0.1, 0.15) is 11.5 Å². The summed E-state index contributed by atoms with van der Waals surface area (Å²) in [5.41, 5.74) is 12.1. The molecule has 0 aliphatic rings. The molecule has 0 bridgehead atoms. The van der Waals surface area contributed by atoms with Crippen LogP contribution in [0.25, 0.3) is 117 Å². The Morgan fingerprint density at radius 2 is 0.730 bits per heavy atom. The fourth-order valence-electron chi connectivity index (χ4n) is 8.81. The highest BCUT2D eigenvalue weighted by Gasteiger charge is 2.21. The van der Waals surface area contributed by atoms with Crippen LogP contribution in [0.5, 0.6) is 0 Å². The highest BCUT2D eigenvalue weighted by atomic mass is 15.1. The van der Waals surface area contributed by atoms with Gasteiger partial charge in [-0.25, -0.2) is 19.9 Å². The second-order valence-electron chi connectivity index (χ2n) is 15.9. The number of hydrogen-bond donors (Lipinski definition) is 0. The average molecular weight is 804 g/mol. The Morgan fingerprint density at radius 3 is 1.38 bits per heavy atom. The number of aromatic nitrogens is 5. The van der Waals surface area contributed by atoms with Gasteiger partial charge in [-0.1, -0.05) is 206 Å². The number of benzene rings is 9. The van der Waals surface area contributed by atoms with Crippen molar-refractivity contribution in [2.45, 2.75) is 0 Å². The predicted octanol–water partition coefficient (Wildman–Crippen LogP) is 14.6. The van der Waals surface area contributed by atoms with Gasteiger partial charge in [-0.2, -0.15) is 0 Å². The largest absolute Gasteiger partial charge is 0.277 e. The number of nitrogens with zero attached hydrogens (tertiary/aromatic N) is 5. The third kappa shape index (κ3) is 6.60. The summed E-state index contributed by atoms with van der Waals surface area (Å²) < 4.78 is 2.22. The zero-order valence-electron chi connectivity index (χ0n) is 34.1. The van der Waals surface area contributed by atoms with Gasteiger partial charge in [0.25, 0.3) is 0 Å². The number of rotatable bonds is 7. The molecule has 0 atom stereocenters. The van der Waals surface area contributed by atoms with E-state index in [0.29, 0.717) is 11.6 Å². The third-order valence-electron chi connectivity index (χ3n) is 12.0. The molecule has 3 heterocycles. The van der Waals surface area contributed by atoms with E-state index in [1.165, 1.54) is 16.2 Å². The minimum atomic E-state index is 0.680. The number of fused-ring (bicyclic) bond motifs is 5. The summed E-state index contributed by atoms with van der Waals surface area (Å²) in [7, 11) is 0. The molecule has 0 fully saturated rings. The third-order valence-corrected chi connectivity index (χ3v) is 12.0. The van der Waals surface area contributed by atoms with Crippen molar-refractivity contribution in [3.63, 3.8) is 0 Å². The maximum Gasteiger partial charge on any atom is 0.163 e. The van der Waals surface area contributed by atoms with Crippen LogP contribution in [0.4, 0.5) is 0 Å². The zero-order valence-corrected chi connectivity index (χ0v) is 34.1. The molecule has 294 valence electrons. The van der Waals surface area contributed by atoms with Crippen LogP contribution in [0.3, 0.4) is 0 Å². The molecule has 0 N–H and O–H groups in total. The summed E-state index contributed by atoms with van der Waals surface area (Å²) in [5.74, 6) is 2.23. The van der Waals surface area contributed by atoms with Crippen molar-refractivity contribution >= 4 is 38.0 Å². The molecule has 0 saturated carbocycles. The Morgan fingerprint density at radius 1 is 0.270 bits per heavy atom. The van der Waals surface area contributed by atoms with Gasteiger partial charge in [-0.05, 0) is 56.4 Å². The first-order valence-electron chi connectivity index (χ1n) is 21.2. The molecule has 5 nitrogen and oxygen atoms in total. The molecular weight excluding hydrogens is 767 g/mol. The Balaban J connectivity index is 0.918. The molecule has 0 aliphatic carbocycles. The second-order valence-corrected chi connectivity index (χ2v) is 15.9. The molecule has 0 unspecified atom stereocenters. The van der Waals surface area contributed by atoms with E-state index in [1.807, 2.05) is 6.07 Å². The summed E-state index contributed by atoms with van der Waals surface area (Å²) >= 11 is 0. The highest BCUT2D eigenvalue weighted by Crippen LogP contribution is 2.38. The van der Waals surface area contributed by atoms with Crippen LogP contribution in [-0.2, 0) is 0 Å². The van der Waals surface area contributed by atoms with Gasteiger partial charge >= 0.3 is 0 Å². The van der Waals surface area contributed by atoms with Gasteiger partial charge in [0.05, 0.1) is 17.1 Å². The molecular formula is C58H37N5. The normalized spacial score (nSPS) is 11.5. The van der Waals surface area contributed by atoms with Gasteiger partial charge in [0.2, 0.25) is 0 Å². The molecule has 12 rings (SSSR count). The van der Waals surface area contributed by atoms with Crippen molar-refractivity contribution in [1.82, 2.24) is 24.3 Å². The van der Waals surface area contributed by atoms with Crippen LogP contribution in [0, 0.1) is 0 Å². The van der Waals surface area contributed by atoms with Crippen molar-refractivity contribution in [3.8, 4) is 79.1 Å². The van der Waals surface area contributed by atoms with Crippen LogP contribution in [0.15, 0.2) is 224 Å². The van der Waals surface area contributed by atoms with Crippen molar-refractivity contribution in [2.75, 3.05) is 0 Å². The van der Waals surface area contributed by atoms with E-state index < -0.39 is 0 Å². The van der Waals surface area contributed by atoms with Gasteiger partial charge in [-0.3, -0.25) is 4.40 Å². The molecule has 0 amide bonds. The standard InChI is InChI=1S/C58H37N5/c1-3-15-43(16-4-1)54-50-21-11-12-22-51(50)58-62-55(61-57(63(54)58)45-17-5-2-6-18-45)44-31-25-41(26-32-44)40-23-29-42(30-24-40)52-37-53(48-33-27-38-13-7-9-19-46(38)35-48)60-56(59-52)49-34-28-39-14-8-10-20-47(39)36-49/h1-37H. The van der Waals surface area contributed by atoms with Gasteiger partial charge in [0.15, 0.2) is 11.6 Å². The maximum absolute atomic E-state index is 5.30. The van der Waals surface area contributed by atoms with Crippen molar-refractivity contribution in [1.29, 1.82) is 0 Å². The minimum Gasteiger partial charge on any atom is -0.277 e. The molecule has 0 spiro atoms. The average Bonchev–Trinajstić information content (AvgIpc) is 3.70. The molecule has 63 heavy (non-hydrogen) atoms. The summed E-state index contributed by atoms with van der Waals surface area (Å²) in [6, 6.07) is 78.6. The Labute approximate surface area is 364 Å². The molecule has 9 aromatic carbocycles. The summed E-state index contributed by atoms with van der Waals surface area (Å²) in [6.07, 6.45) is 0. The SMILES string of the molecule is c1ccc(-c2nc(-c3ccc(-c4ccc(-c5cc(-c6ccc7ccccc7c6)nc(-c6ccc7ccccc7c6)n5)cc4)cc3)nc3c4ccccc4c(-c4ccccc4)n23)cc1. The van der Waals surface area contributed by atoms with Gasteiger partial charge < -0.3 is 0 Å². The van der Waals surface area contributed by atoms with E-state index in [0.717, 1.165) is 89.2 Å². The van der Waals surface area contributed by atoms with Gasteiger partial charge in [-0.15, -0.1) is 0 Å². The lowest BCUT2D eigenvalue weighted by Crippen LogP contribution is -2.03. The zero-order chi connectivity index (χ0) is 41.7. The van der Waals surface area contributed by atoms with Crippen LogP contribution >= 0.6 is 0 Å². The molecule has 3 aromatic heterocycles. The fraction of sp³-hybridized carbons (Fsp3) is 0.